The number of rotatable bonds is 11. The Balaban J connectivity index is 1.51. The summed E-state index contributed by atoms with van der Waals surface area (Å²) in [6.07, 6.45) is 3.14. The monoisotopic (exact) mass is 484 g/mol. The molecule has 1 amide bonds. The number of amides is 1. The minimum atomic E-state index is -0.181. The molecule has 158 valence electrons. The van der Waals surface area contributed by atoms with E-state index in [0.29, 0.717) is 45.7 Å². The third kappa shape index (κ3) is 6.43. The number of carbonyl (C=O) groups is 1. The van der Waals surface area contributed by atoms with Crippen LogP contribution in [0.15, 0.2) is 41.5 Å². The molecule has 0 unspecified atom stereocenters. The van der Waals surface area contributed by atoms with Crippen LogP contribution in [0.5, 0.6) is 5.75 Å². The Labute approximate surface area is 191 Å². The van der Waals surface area contributed by atoms with Gasteiger partial charge in [-0.25, -0.2) is 0 Å². The largest absolute Gasteiger partial charge is 0.492 e. The molecule has 0 aliphatic heterocycles. The fourth-order valence-corrected chi connectivity index (χ4v) is 4.13. The van der Waals surface area contributed by atoms with Gasteiger partial charge >= 0.3 is 0 Å². The van der Waals surface area contributed by atoms with Gasteiger partial charge in [-0.3, -0.25) is 10.1 Å². The number of hydrogen-bond donors (Lipinski definition) is 1. The molecule has 12 heteroatoms. The van der Waals surface area contributed by atoms with Gasteiger partial charge in [-0.2, -0.15) is 0 Å². The predicted octanol–water partition coefficient (Wildman–Crippen LogP) is 4.36. The van der Waals surface area contributed by atoms with Gasteiger partial charge in [0.2, 0.25) is 11.0 Å². The number of carbonyl (C=O) groups excluding carboxylic acids is 1. The highest BCUT2D eigenvalue weighted by atomic mass is 35.5. The van der Waals surface area contributed by atoms with Crippen molar-refractivity contribution in [3.8, 4) is 5.75 Å². The number of aryl methyl sites for hydroxylation is 1. The maximum atomic E-state index is 12.0. The third-order valence-electron chi connectivity index (χ3n) is 3.74. The topological polar surface area (TPSA) is 94.8 Å². The van der Waals surface area contributed by atoms with E-state index < -0.39 is 0 Å². The van der Waals surface area contributed by atoms with Crippen molar-refractivity contribution in [2.24, 2.45) is 0 Å². The van der Waals surface area contributed by atoms with Gasteiger partial charge in [0, 0.05) is 18.0 Å². The summed E-state index contributed by atoms with van der Waals surface area (Å²) in [7, 11) is 0. The number of nitrogens with zero attached hydrogens (tertiary/aromatic N) is 5. The van der Waals surface area contributed by atoms with Gasteiger partial charge in [-0.1, -0.05) is 52.4 Å². The lowest BCUT2D eigenvalue weighted by atomic mass is 10.3. The summed E-state index contributed by atoms with van der Waals surface area (Å²) >= 11 is 14.6. The number of aromatic nitrogens is 5. The first-order valence-corrected chi connectivity index (χ1v) is 11.5. The van der Waals surface area contributed by atoms with E-state index in [9.17, 15) is 4.79 Å². The number of ether oxygens (including phenoxy) is 1. The van der Waals surface area contributed by atoms with E-state index >= 15 is 0 Å². The molecule has 3 rings (SSSR count). The number of allylic oxidation sites excluding steroid dienone is 1. The Morgan fingerprint density at radius 3 is 2.93 bits per heavy atom. The molecule has 0 fully saturated rings. The number of thioether (sulfide) groups is 1. The minimum Gasteiger partial charge on any atom is -0.492 e. The zero-order valence-electron chi connectivity index (χ0n) is 15.8. The first-order chi connectivity index (χ1) is 14.6. The molecule has 0 radical (unpaired) electrons. The van der Waals surface area contributed by atoms with Crippen LogP contribution in [0.2, 0.25) is 10.0 Å². The van der Waals surface area contributed by atoms with E-state index in [0.717, 1.165) is 12.2 Å². The van der Waals surface area contributed by atoms with Crippen molar-refractivity contribution in [2.75, 3.05) is 17.7 Å². The predicted molar refractivity (Wildman–Crippen MR) is 120 cm³/mol. The Morgan fingerprint density at radius 2 is 2.20 bits per heavy atom. The summed E-state index contributed by atoms with van der Waals surface area (Å²) in [5.41, 5.74) is 1.56. The van der Waals surface area contributed by atoms with Crippen LogP contribution >= 0.6 is 46.3 Å². The standard InChI is InChI=1S/C18H18Cl2N6O2S2/c1-2-7-26-15(4-3-8-28-14-6-5-12(19)9-13(14)20)23-25-18(26)29-10-16(27)22-17-24-21-11-30-17/h2,5-6,9,11H,1,3-4,7-8,10H2,(H,22,24,27). The van der Waals surface area contributed by atoms with E-state index in [-0.39, 0.29) is 11.7 Å². The van der Waals surface area contributed by atoms with E-state index in [1.165, 1.54) is 23.1 Å². The fourth-order valence-electron chi connectivity index (χ4n) is 2.44. The smallest absolute Gasteiger partial charge is 0.236 e. The highest BCUT2D eigenvalue weighted by molar-refractivity contribution is 7.99. The van der Waals surface area contributed by atoms with Gasteiger partial charge in [0.1, 0.15) is 17.1 Å². The van der Waals surface area contributed by atoms with Crippen molar-refractivity contribution in [2.45, 2.75) is 24.5 Å². The fraction of sp³-hybridized carbons (Fsp3) is 0.278. The molecule has 30 heavy (non-hydrogen) atoms. The average molecular weight is 485 g/mol. The highest BCUT2D eigenvalue weighted by Crippen LogP contribution is 2.27. The van der Waals surface area contributed by atoms with E-state index in [2.05, 4.69) is 32.3 Å². The molecular weight excluding hydrogens is 467 g/mol. The molecule has 2 heterocycles. The zero-order valence-corrected chi connectivity index (χ0v) is 18.9. The van der Waals surface area contributed by atoms with Gasteiger partial charge in [0.15, 0.2) is 5.16 Å². The van der Waals surface area contributed by atoms with Crippen LogP contribution in [0.1, 0.15) is 12.2 Å². The van der Waals surface area contributed by atoms with Crippen LogP contribution in [0.25, 0.3) is 0 Å². The summed E-state index contributed by atoms with van der Waals surface area (Å²) in [4.78, 5) is 12.0. The molecule has 0 saturated carbocycles. The molecule has 0 saturated heterocycles. The second-order valence-corrected chi connectivity index (χ2v) is 8.52. The summed E-state index contributed by atoms with van der Waals surface area (Å²) in [6.45, 7) is 4.80. The van der Waals surface area contributed by atoms with Gasteiger partial charge in [0.25, 0.3) is 0 Å². The van der Waals surface area contributed by atoms with Crippen LogP contribution in [0.4, 0.5) is 5.13 Å². The summed E-state index contributed by atoms with van der Waals surface area (Å²) in [5.74, 6) is 1.39. The molecule has 0 bridgehead atoms. The molecule has 0 spiro atoms. The molecule has 2 aromatic heterocycles. The summed E-state index contributed by atoms with van der Waals surface area (Å²) in [6, 6.07) is 5.12. The van der Waals surface area contributed by atoms with Gasteiger partial charge in [0.05, 0.1) is 17.4 Å². The molecule has 8 nitrogen and oxygen atoms in total. The molecule has 1 N–H and O–H groups in total. The van der Waals surface area contributed by atoms with E-state index in [4.69, 9.17) is 27.9 Å². The molecule has 0 aliphatic rings. The Hall–Kier alpha value is -2.14. The van der Waals surface area contributed by atoms with E-state index in [1.807, 2.05) is 4.57 Å². The maximum Gasteiger partial charge on any atom is 0.236 e. The van der Waals surface area contributed by atoms with Crippen molar-refractivity contribution in [3.63, 3.8) is 0 Å². The van der Waals surface area contributed by atoms with Crippen molar-refractivity contribution in [3.05, 3.63) is 52.2 Å². The Kier molecular flexibility index (Phi) is 8.50. The van der Waals surface area contributed by atoms with Crippen LogP contribution in [-0.4, -0.2) is 43.2 Å². The minimum absolute atomic E-state index is 0.181. The Bertz CT molecular complexity index is 997. The van der Waals surface area contributed by atoms with Crippen molar-refractivity contribution >= 4 is 57.3 Å². The first kappa shape index (κ1) is 22.5. The first-order valence-electron chi connectivity index (χ1n) is 8.86. The lowest BCUT2D eigenvalue weighted by molar-refractivity contribution is -0.113. The van der Waals surface area contributed by atoms with Crippen molar-refractivity contribution in [1.29, 1.82) is 0 Å². The van der Waals surface area contributed by atoms with Crippen LogP contribution < -0.4 is 10.1 Å². The highest BCUT2D eigenvalue weighted by Gasteiger charge is 2.14. The second-order valence-electron chi connectivity index (χ2n) is 5.91. The van der Waals surface area contributed by atoms with Crippen LogP contribution in [0.3, 0.4) is 0 Å². The van der Waals surface area contributed by atoms with Crippen LogP contribution in [0, 0.1) is 0 Å². The van der Waals surface area contributed by atoms with Crippen molar-refractivity contribution in [1.82, 2.24) is 25.0 Å². The molecular formula is C18H18Cl2N6O2S2. The Morgan fingerprint density at radius 1 is 1.33 bits per heavy atom. The van der Waals surface area contributed by atoms with Gasteiger partial charge in [-0.05, 0) is 24.6 Å². The SMILES string of the molecule is C=CCn1c(CCCOc2ccc(Cl)cc2Cl)nnc1SCC(=O)Nc1nncs1. The normalized spacial score (nSPS) is 10.7. The quantitative estimate of drug-likeness (QED) is 0.245. The maximum absolute atomic E-state index is 12.0. The number of halogens is 2. The van der Waals surface area contributed by atoms with Crippen LogP contribution in [-0.2, 0) is 17.8 Å². The lowest BCUT2D eigenvalue weighted by Crippen LogP contribution is -2.14. The van der Waals surface area contributed by atoms with E-state index in [1.54, 1.807) is 29.8 Å². The number of benzene rings is 1. The molecule has 0 atom stereocenters. The van der Waals surface area contributed by atoms with Gasteiger partial charge in [-0.15, -0.1) is 27.0 Å². The van der Waals surface area contributed by atoms with Crippen molar-refractivity contribution < 1.29 is 9.53 Å². The molecule has 0 aliphatic carbocycles. The summed E-state index contributed by atoms with van der Waals surface area (Å²) < 4.78 is 7.65. The zero-order chi connectivity index (χ0) is 21.3. The number of anilines is 1. The summed E-state index contributed by atoms with van der Waals surface area (Å²) in [5, 5.41) is 20.8. The average Bonchev–Trinajstić information content (AvgIpc) is 3.35. The number of hydrogen-bond acceptors (Lipinski definition) is 8. The molecule has 3 aromatic rings. The number of nitrogens with one attached hydrogen (secondary N) is 1. The lowest BCUT2D eigenvalue weighted by Gasteiger charge is -2.09. The third-order valence-corrected chi connectivity index (χ3v) is 5.84. The second kappa shape index (κ2) is 11.3. The van der Waals surface area contributed by atoms with Gasteiger partial charge < -0.3 is 9.30 Å². The molecule has 1 aromatic carbocycles.